The highest BCUT2D eigenvalue weighted by Gasteiger charge is 2.17. The molecule has 4 heteroatoms. The quantitative estimate of drug-likeness (QED) is 0.787. The van der Waals surface area contributed by atoms with E-state index in [-0.39, 0.29) is 17.1 Å². The highest BCUT2D eigenvalue weighted by molar-refractivity contribution is 7.81. The van der Waals surface area contributed by atoms with Gasteiger partial charge in [-0.3, -0.25) is 9.78 Å². The molecule has 0 aromatic carbocycles. The second kappa shape index (κ2) is 5.89. The number of carbonyl (C=O) groups is 1. The van der Waals surface area contributed by atoms with Gasteiger partial charge in [-0.25, -0.2) is 0 Å². The first-order chi connectivity index (χ1) is 7.52. The molecular formula is C12H18N2OS. The summed E-state index contributed by atoms with van der Waals surface area (Å²) < 4.78 is 0. The van der Waals surface area contributed by atoms with Gasteiger partial charge in [0.25, 0.3) is 0 Å². The van der Waals surface area contributed by atoms with Crippen LogP contribution in [-0.4, -0.2) is 16.1 Å². The molecule has 1 unspecified atom stereocenters. The molecule has 1 amide bonds. The number of aryl methyl sites for hydroxylation is 1. The minimum Gasteiger partial charge on any atom is -0.351 e. The molecule has 1 N–H and O–H groups in total. The molecule has 1 rings (SSSR count). The highest BCUT2D eigenvalue weighted by atomic mass is 32.1. The number of rotatable bonds is 4. The number of pyridine rings is 1. The van der Waals surface area contributed by atoms with Gasteiger partial charge in [0.2, 0.25) is 5.91 Å². The van der Waals surface area contributed by atoms with Gasteiger partial charge in [0, 0.05) is 18.9 Å². The minimum absolute atomic E-state index is 0.0263. The Bertz CT molecular complexity index is 366. The number of nitrogens with one attached hydrogen (secondary N) is 1. The van der Waals surface area contributed by atoms with Crippen molar-refractivity contribution in [2.45, 2.75) is 32.6 Å². The van der Waals surface area contributed by atoms with Crippen molar-refractivity contribution in [1.82, 2.24) is 10.3 Å². The summed E-state index contributed by atoms with van der Waals surface area (Å²) in [5, 5.41) is 2.61. The van der Waals surface area contributed by atoms with Crippen molar-refractivity contribution in [3.05, 3.63) is 29.6 Å². The van der Waals surface area contributed by atoms with E-state index in [1.54, 1.807) is 12.4 Å². The van der Waals surface area contributed by atoms with E-state index in [4.69, 9.17) is 0 Å². The van der Waals surface area contributed by atoms with Gasteiger partial charge in [0.15, 0.2) is 0 Å². The fourth-order valence-corrected chi connectivity index (χ4v) is 1.36. The molecule has 0 saturated heterocycles. The van der Waals surface area contributed by atoms with E-state index in [1.165, 1.54) is 0 Å². The van der Waals surface area contributed by atoms with Crippen LogP contribution in [0.25, 0.3) is 0 Å². The van der Waals surface area contributed by atoms with Gasteiger partial charge >= 0.3 is 0 Å². The molecule has 1 aromatic heterocycles. The molecule has 1 atom stereocenters. The predicted molar refractivity (Wildman–Crippen MR) is 68.4 cm³/mol. The second-order valence-electron chi connectivity index (χ2n) is 4.21. The lowest BCUT2D eigenvalue weighted by Gasteiger charge is -2.15. The lowest BCUT2D eigenvalue weighted by Crippen LogP contribution is -2.34. The van der Waals surface area contributed by atoms with Crippen LogP contribution in [0.2, 0.25) is 0 Å². The van der Waals surface area contributed by atoms with Gasteiger partial charge in [0.1, 0.15) is 0 Å². The first-order valence-electron chi connectivity index (χ1n) is 5.37. The Hall–Kier alpha value is -1.03. The zero-order valence-electron chi connectivity index (χ0n) is 9.90. The molecule has 1 aromatic rings. The van der Waals surface area contributed by atoms with Crippen molar-refractivity contribution in [2.75, 3.05) is 0 Å². The Balaban J connectivity index is 2.52. The smallest absolute Gasteiger partial charge is 0.233 e. The number of aromatic nitrogens is 1. The van der Waals surface area contributed by atoms with Gasteiger partial charge in [-0.1, -0.05) is 13.8 Å². The monoisotopic (exact) mass is 238 g/mol. The molecule has 0 spiro atoms. The van der Waals surface area contributed by atoms with E-state index in [0.29, 0.717) is 6.54 Å². The lowest BCUT2D eigenvalue weighted by molar-refractivity contribution is -0.121. The number of hydrogen-bond acceptors (Lipinski definition) is 3. The highest BCUT2D eigenvalue weighted by Crippen LogP contribution is 2.09. The SMILES string of the molecule is Cc1ccncc1CNC(=O)C(S)C(C)C. The summed E-state index contributed by atoms with van der Waals surface area (Å²) in [6.45, 7) is 6.48. The minimum atomic E-state index is -0.253. The Morgan fingerprint density at radius 3 is 2.81 bits per heavy atom. The summed E-state index contributed by atoms with van der Waals surface area (Å²) in [5.74, 6) is 0.208. The Labute approximate surface area is 102 Å². The largest absolute Gasteiger partial charge is 0.351 e. The lowest BCUT2D eigenvalue weighted by atomic mass is 10.1. The first kappa shape index (κ1) is 13.0. The van der Waals surface area contributed by atoms with Crippen molar-refractivity contribution in [1.29, 1.82) is 0 Å². The van der Waals surface area contributed by atoms with Gasteiger partial charge < -0.3 is 5.32 Å². The number of thiol groups is 1. The average molecular weight is 238 g/mol. The summed E-state index contributed by atoms with van der Waals surface area (Å²) in [7, 11) is 0. The van der Waals surface area contributed by atoms with E-state index >= 15 is 0 Å². The molecule has 0 bridgehead atoms. The fraction of sp³-hybridized carbons (Fsp3) is 0.500. The molecule has 1 heterocycles. The van der Waals surface area contributed by atoms with Crippen molar-refractivity contribution < 1.29 is 4.79 Å². The molecule has 3 nitrogen and oxygen atoms in total. The molecule has 16 heavy (non-hydrogen) atoms. The van der Waals surface area contributed by atoms with Crippen LogP contribution in [-0.2, 0) is 11.3 Å². The Kier molecular flexibility index (Phi) is 4.80. The maximum atomic E-state index is 11.7. The van der Waals surface area contributed by atoms with E-state index in [9.17, 15) is 4.79 Å². The molecule has 0 aliphatic heterocycles. The maximum Gasteiger partial charge on any atom is 0.233 e. The fourth-order valence-electron chi connectivity index (χ4n) is 1.27. The van der Waals surface area contributed by atoms with Crippen molar-refractivity contribution >= 4 is 18.5 Å². The van der Waals surface area contributed by atoms with Crippen molar-refractivity contribution in [2.24, 2.45) is 5.92 Å². The van der Waals surface area contributed by atoms with Crippen LogP contribution < -0.4 is 5.32 Å². The van der Waals surface area contributed by atoms with E-state index in [2.05, 4.69) is 22.9 Å². The molecule has 0 radical (unpaired) electrons. The summed E-state index contributed by atoms with van der Waals surface area (Å²) in [6.07, 6.45) is 3.52. The summed E-state index contributed by atoms with van der Waals surface area (Å²) in [6, 6.07) is 1.93. The van der Waals surface area contributed by atoms with Gasteiger partial charge in [-0.15, -0.1) is 0 Å². The molecule has 0 saturated carbocycles. The number of nitrogens with zero attached hydrogens (tertiary/aromatic N) is 1. The van der Waals surface area contributed by atoms with Crippen LogP contribution in [0.5, 0.6) is 0 Å². The molecule has 0 fully saturated rings. The van der Waals surface area contributed by atoms with Gasteiger partial charge in [-0.2, -0.15) is 12.6 Å². The van der Waals surface area contributed by atoms with E-state index in [0.717, 1.165) is 11.1 Å². The Morgan fingerprint density at radius 1 is 1.56 bits per heavy atom. The molecule has 88 valence electrons. The maximum absolute atomic E-state index is 11.7. The van der Waals surface area contributed by atoms with Crippen LogP contribution >= 0.6 is 12.6 Å². The number of amides is 1. The van der Waals surface area contributed by atoms with E-state index < -0.39 is 0 Å². The Morgan fingerprint density at radius 2 is 2.25 bits per heavy atom. The standard InChI is InChI=1S/C12H18N2OS/c1-8(2)11(16)12(15)14-7-10-6-13-5-4-9(10)3/h4-6,8,11,16H,7H2,1-3H3,(H,14,15). The van der Waals surface area contributed by atoms with Crippen LogP contribution in [0.4, 0.5) is 0 Å². The number of hydrogen-bond donors (Lipinski definition) is 2. The third-order valence-electron chi connectivity index (χ3n) is 2.50. The van der Waals surface area contributed by atoms with Crippen LogP contribution in [0.1, 0.15) is 25.0 Å². The second-order valence-corrected chi connectivity index (χ2v) is 4.77. The summed E-state index contributed by atoms with van der Waals surface area (Å²) in [5.41, 5.74) is 2.18. The van der Waals surface area contributed by atoms with E-state index in [1.807, 2.05) is 26.8 Å². The van der Waals surface area contributed by atoms with Gasteiger partial charge in [0.05, 0.1) is 5.25 Å². The molecule has 0 aliphatic carbocycles. The summed E-state index contributed by atoms with van der Waals surface area (Å²) in [4.78, 5) is 15.7. The van der Waals surface area contributed by atoms with Crippen molar-refractivity contribution in [3.63, 3.8) is 0 Å². The van der Waals surface area contributed by atoms with Crippen LogP contribution in [0.15, 0.2) is 18.5 Å². The molecular weight excluding hydrogens is 220 g/mol. The van der Waals surface area contributed by atoms with Crippen LogP contribution in [0.3, 0.4) is 0 Å². The average Bonchev–Trinajstić information content (AvgIpc) is 2.26. The topological polar surface area (TPSA) is 42.0 Å². The molecule has 0 aliphatic rings. The summed E-state index contributed by atoms with van der Waals surface area (Å²) >= 11 is 4.26. The van der Waals surface area contributed by atoms with Crippen LogP contribution in [0, 0.1) is 12.8 Å². The first-order valence-corrected chi connectivity index (χ1v) is 5.89. The van der Waals surface area contributed by atoms with Crippen molar-refractivity contribution in [3.8, 4) is 0 Å². The zero-order valence-corrected chi connectivity index (χ0v) is 10.8. The third kappa shape index (κ3) is 3.52. The predicted octanol–water partition coefficient (Wildman–Crippen LogP) is 1.96. The number of carbonyl (C=O) groups excluding carboxylic acids is 1. The van der Waals surface area contributed by atoms with Gasteiger partial charge in [-0.05, 0) is 30.0 Å². The zero-order chi connectivity index (χ0) is 12.1. The third-order valence-corrected chi connectivity index (χ3v) is 3.33. The normalized spacial score (nSPS) is 12.6.